The Balaban J connectivity index is 1.44. The maximum Gasteiger partial charge on any atom is 0.262 e. The van der Waals surface area contributed by atoms with E-state index in [4.69, 9.17) is 9.72 Å². The van der Waals surface area contributed by atoms with Crippen molar-refractivity contribution in [2.24, 2.45) is 0 Å². The summed E-state index contributed by atoms with van der Waals surface area (Å²) in [6, 6.07) is 20.2. The molecule has 34 heavy (non-hydrogen) atoms. The smallest absolute Gasteiger partial charge is 0.262 e. The van der Waals surface area contributed by atoms with Gasteiger partial charge in [-0.15, -0.1) is 0 Å². The van der Waals surface area contributed by atoms with Crippen molar-refractivity contribution in [3.8, 4) is 5.75 Å². The number of carbonyl (C=O) groups excluding carboxylic acids is 2. The van der Waals surface area contributed by atoms with E-state index in [0.717, 1.165) is 11.1 Å². The van der Waals surface area contributed by atoms with Crippen LogP contribution in [0.2, 0.25) is 0 Å². The number of carbonyl (C=O) groups is 2. The van der Waals surface area contributed by atoms with Crippen molar-refractivity contribution >= 4 is 40.0 Å². The Bertz CT molecular complexity index is 1480. The van der Waals surface area contributed by atoms with Gasteiger partial charge in [-0.25, -0.2) is 4.98 Å². The van der Waals surface area contributed by atoms with Gasteiger partial charge in [-0.2, -0.15) is 0 Å². The molecule has 8 heteroatoms. The van der Waals surface area contributed by atoms with Crippen LogP contribution in [0.5, 0.6) is 5.75 Å². The number of thioether (sulfide) groups is 1. The Morgan fingerprint density at radius 2 is 1.88 bits per heavy atom. The number of hydrogen-bond acceptors (Lipinski definition) is 6. The first kappa shape index (κ1) is 21.9. The first-order valence-corrected chi connectivity index (χ1v) is 11.7. The van der Waals surface area contributed by atoms with Crippen LogP contribution in [0.1, 0.15) is 21.5 Å². The van der Waals surface area contributed by atoms with Crippen molar-refractivity contribution in [2.45, 2.75) is 18.6 Å². The van der Waals surface area contributed by atoms with Crippen LogP contribution in [0.25, 0.3) is 10.9 Å². The molecular formula is C26H21N3O4S. The highest BCUT2D eigenvalue weighted by molar-refractivity contribution is 7.99. The zero-order chi connectivity index (χ0) is 23.7. The molecule has 5 rings (SSSR count). The fourth-order valence-electron chi connectivity index (χ4n) is 3.74. The molecule has 0 saturated carbocycles. The van der Waals surface area contributed by atoms with Crippen LogP contribution < -0.4 is 15.6 Å². The zero-order valence-corrected chi connectivity index (χ0v) is 19.2. The van der Waals surface area contributed by atoms with Crippen molar-refractivity contribution in [2.75, 3.05) is 17.7 Å². The third kappa shape index (κ3) is 4.45. The molecule has 0 bridgehead atoms. The van der Waals surface area contributed by atoms with Crippen LogP contribution in [0, 0.1) is 6.92 Å². The van der Waals surface area contributed by atoms with E-state index in [1.54, 1.807) is 34.9 Å². The molecule has 0 unspecified atom stereocenters. The fourth-order valence-corrected chi connectivity index (χ4v) is 4.64. The fraction of sp³-hybridized carbons (Fsp3) is 0.154. The Morgan fingerprint density at radius 1 is 1.09 bits per heavy atom. The number of aromatic nitrogens is 2. The van der Waals surface area contributed by atoms with E-state index < -0.39 is 0 Å². The standard InChI is InChI=1S/C26H21N3O4S/c1-16-6-8-17(9-7-16)13-29-25(32)19-4-2-3-5-20(19)28-26(29)34-15-22(30)18-10-11-23-21(12-18)27-24(31)14-33-23/h2-12H,13-15H2,1H3,(H,27,31). The average Bonchev–Trinajstić information content (AvgIpc) is 2.85. The quantitative estimate of drug-likeness (QED) is 0.259. The molecule has 4 aromatic rings. The van der Waals surface area contributed by atoms with Crippen molar-refractivity contribution in [1.29, 1.82) is 0 Å². The average molecular weight is 472 g/mol. The summed E-state index contributed by atoms with van der Waals surface area (Å²) >= 11 is 1.22. The second kappa shape index (κ2) is 9.15. The summed E-state index contributed by atoms with van der Waals surface area (Å²) in [5.41, 5.74) is 3.49. The van der Waals surface area contributed by atoms with Gasteiger partial charge in [-0.05, 0) is 42.8 Å². The molecule has 0 atom stereocenters. The van der Waals surface area contributed by atoms with Gasteiger partial charge in [-0.3, -0.25) is 19.0 Å². The van der Waals surface area contributed by atoms with Crippen LogP contribution in [-0.4, -0.2) is 33.6 Å². The predicted molar refractivity (Wildman–Crippen MR) is 132 cm³/mol. The predicted octanol–water partition coefficient (Wildman–Crippen LogP) is 4.06. The molecule has 3 aromatic carbocycles. The molecule has 1 aromatic heterocycles. The molecule has 0 aliphatic carbocycles. The molecule has 0 saturated heterocycles. The molecule has 1 aliphatic heterocycles. The lowest BCUT2D eigenvalue weighted by Crippen LogP contribution is -2.25. The first-order valence-electron chi connectivity index (χ1n) is 10.8. The van der Waals surface area contributed by atoms with Crippen molar-refractivity contribution < 1.29 is 14.3 Å². The van der Waals surface area contributed by atoms with E-state index >= 15 is 0 Å². The van der Waals surface area contributed by atoms with Gasteiger partial charge in [0.05, 0.1) is 28.9 Å². The Hall–Kier alpha value is -3.91. The molecule has 0 fully saturated rings. The normalized spacial score (nSPS) is 12.7. The Labute approximate surface area is 199 Å². The molecular weight excluding hydrogens is 450 g/mol. The minimum Gasteiger partial charge on any atom is -0.482 e. The van der Waals surface area contributed by atoms with Gasteiger partial charge in [0.15, 0.2) is 17.5 Å². The summed E-state index contributed by atoms with van der Waals surface area (Å²) in [4.78, 5) is 42.5. The Kier molecular flexibility index (Phi) is 5.90. The van der Waals surface area contributed by atoms with Gasteiger partial charge in [0.25, 0.3) is 11.5 Å². The number of hydrogen-bond donors (Lipinski definition) is 1. The highest BCUT2D eigenvalue weighted by atomic mass is 32.2. The van der Waals surface area contributed by atoms with Gasteiger partial charge < -0.3 is 10.1 Å². The lowest BCUT2D eigenvalue weighted by molar-refractivity contribution is -0.118. The van der Waals surface area contributed by atoms with Crippen LogP contribution in [-0.2, 0) is 11.3 Å². The number of para-hydroxylation sites is 1. The topological polar surface area (TPSA) is 90.3 Å². The van der Waals surface area contributed by atoms with Crippen LogP contribution in [0.4, 0.5) is 5.69 Å². The number of nitrogens with one attached hydrogen (secondary N) is 1. The lowest BCUT2D eigenvalue weighted by atomic mass is 10.1. The van der Waals surface area contributed by atoms with E-state index in [1.807, 2.05) is 43.3 Å². The van der Waals surface area contributed by atoms with Gasteiger partial charge in [0.1, 0.15) is 5.75 Å². The first-order chi connectivity index (χ1) is 16.5. The number of ketones is 1. The Morgan fingerprint density at radius 3 is 2.71 bits per heavy atom. The number of ether oxygens (including phenoxy) is 1. The van der Waals surface area contributed by atoms with Crippen molar-refractivity contribution in [1.82, 2.24) is 9.55 Å². The second-order valence-corrected chi connectivity index (χ2v) is 8.99. The number of nitrogens with zero attached hydrogens (tertiary/aromatic N) is 2. The summed E-state index contributed by atoms with van der Waals surface area (Å²) in [7, 11) is 0. The minimum atomic E-state index is -0.257. The number of aryl methyl sites for hydroxylation is 1. The molecule has 0 spiro atoms. The van der Waals surface area contributed by atoms with Gasteiger partial charge in [-0.1, -0.05) is 53.7 Å². The number of fused-ring (bicyclic) bond motifs is 2. The summed E-state index contributed by atoms with van der Waals surface area (Å²) in [5, 5.41) is 3.73. The highest BCUT2D eigenvalue weighted by Gasteiger charge is 2.19. The van der Waals surface area contributed by atoms with Crippen LogP contribution in [0.15, 0.2) is 76.7 Å². The van der Waals surface area contributed by atoms with E-state index in [-0.39, 0.29) is 29.6 Å². The second-order valence-electron chi connectivity index (χ2n) is 8.05. The van der Waals surface area contributed by atoms with Gasteiger partial charge in [0.2, 0.25) is 0 Å². The molecule has 1 aliphatic rings. The van der Waals surface area contributed by atoms with Crippen molar-refractivity contribution in [3.05, 3.63) is 93.8 Å². The van der Waals surface area contributed by atoms with Crippen LogP contribution >= 0.6 is 11.8 Å². The van der Waals surface area contributed by atoms with Crippen molar-refractivity contribution in [3.63, 3.8) is 0 Å². The summed E-state index contributed by atoms with van der Waals surface area (Å²) in [5.74, 6) is 0.225. The SMILES string of the molecule is Cc1ccc(Cn2c(SCC(=O)c3ccc4c(c3)NC(=O)CO4)nc3ccccc3c2=O)cc1. The minimum absolute atomic E-state index is 0.0394. The molecule has 0 radical (unpaired) electrons. The van der Waals surface area contributed by atoms with E-state index in [0.29, 0.717) is 39.6 Å². The summed E-state index contributed by atoms with van der Waals surface area (Å²) in [6.45, 7) is 2.33. The maximum absolute atomic E-state index is 13.3. The summed E-state index contributed by atoms with van der Waals surface area (Å²) < 4.78 is 6.97. The molecule has 1 N–H and O–H groups in total. The van der Waals surface area contributed by atoms with Gasteiger partial charge >= 0.3 is 0 Å². The zero-order valence-electron chi connectivity index (χ0n) is 18.4. The van der Waals surface area contributed by atoms with Crippen LogP contribution in [0.3, 0.4) is 0 Å². The number of Topliss-reactive ketones (excluding diaryl/α,β-unsaturated/α-hetero) is 1. The van der Waals surface area contributed by atoms with E-state index in [9.17, 15) is 14.4 Å². The maximum atomic E-state index is 13.3. The number of amides is 1. The third-order valence-corrected chi connectivity index (χ3v) is 6.53. The molecule has 1 amide bonds. The number of anilines is 1. The van der Waals surface area contributed by atoms with E-state index in [1.165, 1.54) is 11.8 Å². The van der Waals surface area contributed by atoms with Gasteiger partial charge in [0, 0.05) is 5.56 Å². The van der Waals surface area contributed by atoms with E-state index in [2.05, 4.69) is 5.32 Å². The number of benzene rings is 3. The molecule has 2 heterocycles. The summed E-state index contributed by atoms with van der Waals surface area (Å²) in [6.07, 6.45) is 0. The molecule has 170 valence electrons. The lowest BCUT2D eigenvalue weighted by Gasteiger charge is -2.18. The monoisotopic (exact) mass is 471 g/mol. The largest absolute Gasteiger partial charge is 0.482 e. The molecule has 7 nitrogen and oxygen atoms in total. The number of rotatable bonds is 6. The highest BCUT2D eigenvalue weighted by Crippen LogP contribution is 2.29. The third-order valence-electron chi connectivity index (χ3n) is 5.55.